The smallest absolute Gasteiger partial charge is 0.224 e. The second-order valence-electron chi connectivity index (χ2n) is 5.36. The van der Waals surface area contributed by atoms with Crippen LogP contribution in [0.4, 0.5) is 5.69 Å². The van der Waals surface area contributed by atoms with Gasteiger partial charge in [-0.3, -0.25) is 4.79 Å². The van der Waals surface area contributed by atoms with E-state index in [0.29, 0.717) is 13.0 Å². The molecule has 22 heavy (non-hydrogen) atoms. The van der Waals surface area contributed by atoms with Gasteiger partial charge in [0, 0.05) is 18.2 Å². The highest BCUT2D eigenvalue weighted by atomic mass is 16.5. The van der Waals surface area contributed by atoms with Crippen molar-refractivity contribution in [2.24, 2.45) is 0 Å². The van der Waals surface area contributed by atoms with E-state index in [1.54, 1.807) is 7.11 Å². The van der Waals surface area contributed by atoms with Gasteiger partial charge < -0.3 is 14.8 Å². The Hall–Kier alpha value is -2.49. The molecule has 1 aliphatic heterocycles. The van der Waals surface area contributed by atoms with Gasteiger partial charge in [0.05, 0.1) is 13.7 Å². The molecule has 0 radical (unpaired) electrons. The molecule has 2 aromatic rings. The first-order valence-corrected chi connectivity index (χ1v) is 7.42. The van der Waals surface area contributed by atoms with Crippen LogP contribution >= 0.6 is 0 Å². The third kappa shape index (κ3) is 3.22. The molecule has 0 bridgehead atoms. The van der Waals surface area contributed by atoms with Crippen LogP contribution in [0.3, 0.4) is 0 Å². The molecule has 0 aliphatic carbocycles. The summed E-state index contributed by atoms with van der Waals surface area (Å²) in [6.07, 6.45) is 1.32. The highest BCUT2D eigenvalue weighted by Gasteiger charge is 2.23. The van der Waals surface area contributed by atoms with Crippen LogP contribution in [0.5, 0.6) is 11.5 Å². The van der Waals surface area contributed by atoms with E-state index in [1.165, 1.54) is 0 Å². The number of methoxy groups -OCH3 is 1. The van der Waals surface area contributed by atoms with Gasteiger partial charge in [0.25, 0.3) is 0 Å². The molecule has 1 aliphatic rings. The summed E-state index contributed by atoms with van der Waals surface area (Å²) in [5.41, 5.74) is 1.87. The highest BCUT2D eigenvalue weighted by Crippen LogP contribution is 2.35. The summed E-state index contributed by atoms with van der Waals surface area (Å²) in [4.78, 5) is 12.3. The standard InChI is InChI=1S/C18H19NO3/c1-21-15-6-4-5-14(12-15)19-18(20)11-13-9-10-22-17-8-3-2-7-16(13)17/h2-8,12-13H,9-11H2,1H3,(H,19,20). The number of nitrogens with one attached hydrogen (secondary N) is 1. The molecule has 3 rings (SSSR count). The van der Waals surface area contributed by atoms with E-state index in [-0.39, 0.29) is 11.8 Å². The van der Waals surface area contributed by atoms with Crippen molar-refractivity contribution in [1.82, 2.24) is 0 Å². The van der Waals surface area contributed by atoms with E-state index >= 15 is 0 Å². The normalized spacial score (nSPS) is 16.3. The summed E-state index contributed by atoms with van der Waals surface area (Å²) >= 11 is 0. The minimum atomic E-state index is 0.00922. The first-order chi connectivity index (χ1) is 10.8. The Kier molecular flexibility index (Phi) is 4.28. The van der Waals surface area contributed by atoms with Crippen molar-refractivity contribution in [3.05, 3.63) is 54.1 Å². The monoisotopic (exact) mass is 297 g/mol. The summed E-state index contributed by atoms with van der Waals surface area (Å²) < 4.78 is 10.8. The molecule has 1 unspecified atom stereocenters. The van der Waals surface area contributed by atoms with Crippen LogP contribution in [0.15, 0.2) is 48.5 Å². The number of rotatable bonds is 4. The Bertz CT molecular complexity index is 669. The fourth-order valence-electron chi connectivity index (χ4n) is 2.76. The van der Waals surface area contributed by atoms with E-state index in [4.69, 9.17) is 9.47 Å². The third-order valence-electron chi connectivity index (χ3n) is 3.87. The number of carbonyl (C=O) groups is 1. The average molecular weight is 297 g/mol. The molecule has 1 heterocycles. The van der Waals surface area contributed by atoms with Crippen LogP contribution < -0.4 is 14.8 Å². The molecule has 1 amide bonds. The fourth-order valence-corrected chi connectivity index (χ4v) is 2.76. The largest absolute Gasteiger partial charge is 0.497 e. The van der Waals surface area contributed by atoms with E-state index in [9.17, 15) is 4.79 Å². The van der Waals surface area contributed by atoms with Gasteiger partial charge in [-0.05, 0) is 36.1 Å². The molecule has 1 N–H and O–H groups in total. The SMILES string of the molecule is COc1cccc(NC(=O)CC2CCOc3ccccc32)c1. The molecular weight excluding hydrogens is 278 g/mol. The zero-order valence-electron chi connectivity index (χ0n) is 12.5. The van der Waals surface area contributed by atoms with Crippen LogP contribution in [0.2, 0.25) is 0 Å². The Morgan fingerprint density at radius 3 is 3.00 bits per heavy atom. The summed E-state index contributed by atoms with van der Waals surface area (Å²) in [6.45, 7) is 0.661. The first-order valence-electron chi connectivity index (χ1n) is 7.42. The predicted molar refractivity (Wildman–Crippen MR) is 85.5 cm³/mol. The molecule has 2 aromatic carbocycles. The molecule has 1 atom stereocenters. The summed E-state index contributed by atoms with van der Waals surface area (Å²) in [5.74, 6) is 1.84. The van der Waals surface area contributed by atoms with Crippen molar-refractivity contribution in [1.29, 1.82) is 0 Å². The molecule has 0 saturated carbocycles. The number of fused-ring (bicyclic) bond motifs is 1. The van der Waals surface area contributed by atoms with Crippen molar-refractivity contribution in [2.75, 3.05) is 19.0 Å². The number of hydrogen-bond donors (Lipinski definition) is 1. The molecule has 4 nitrogen and oxygen atoms in total. The zero-order valence-corrected chi connectivity index (χ0v) is 12.5. The number of ether oxygens (including phenoxy) is 2. The lowest BCUT2D eigenvalue weighted by Crippen LogP contribution is -2.20. The van der Waals surface area contributed by atoms with Crippen LogP contribution in [0.25, 0.3) is 0 Å². The van der Waals surface area contributed by atoms with Crippen molar-refractivity contribution in [3.63, 3.8) is 0 Å². The Morgan fingerprint density at radius 1 is 1.27 bits per heavy atom. The van der Waals surface area contributed by atoms with Gasteiger partial charge in [-0.2, -0.15) is 0 Å². The maximum absolute atomic E-state index is 12.3. The van der Waals surface area contributed by atoms with Crippen LogP contribution in [-0.2, 0) is 4.79 Å². The van der Waals surface area contributed by atoms with Crippen molar-refractivity contribution in [2.45, 2.75) is 18.8 Å². The summed E-state index contributed by atoms with van der Waals surface area (Å²) in [6, 6.07) is 15.3. The molecule has 114 valence electrons. The number of para-hydroxylation sites is 1. The molecule has 0 saturated heterocycles. The number of carbonyl (C=O) groups excluding carboxylic acids is 1. The number of hydrogen-bond acceptors (Lipinski definition) is 3. The van der Waals surface area contributed by atoms with Gasteiger partial charge in [-0.15, -0.1) is 0 Å². The lowest BCUT2D eigenvalue weighted by atomic mass is 9.90. The van der Waals surface area contributed by atoms with E-state index < -0.39 is 0 Å². The second-order valence-corrected chi connectivity index (χ2v) is 5.36. The van der Waals surface area contributed by atoms with Gasteiger partial charge in [-0.25, -0.2) is 0 Å². The Labute approximate surface area is 130 Å². The van der Waals surface area contributed by atoms with Crippen molar-refractivity contribution in [3.8, 4) is 11.5 Å². The van der Waals surface area contributed by atoms with Crippen molar-refractivity contribution >= 4 is 11.6 Å². The lowest BCUT2D eigenvalue weighted by Gasteiger charge is -2.25. The van der Waals surface area contributed by atoms with Gasteiger partial charge >= 0.3 is 0 Å². The minimum absolute atomic E-state index is 0.00922. The average Bonchev–Trinajstić information content (AvgIpc) is 2.55. The number of anilines is 1. The quantitative estimate of drug-likeness (QED) is 0.938. The van der Waals surface area contributed by atoms with Crippen LogP contribution in [0, 0.1) is 0 Å². The van der Waals surface area contributed by atoms with Crippen molar-refractivity contribution < 1.29 is 14.3 Å². The zero-order chi connectivity index (χ0) is 15.4. The molecular formula is C18H19NO3. The van der Waals surface area contributed by atoms with Gasteiger partial charge in [0.2, 0.25) is 5.91 Å². The first kappa shape index (κ1) is 14.4. The van der Waals surface area contributed by atoms with E-state index in [1.807, 2.05) is 48.5 Å². The van der Waals surface area contributed by atoms with Crippen LogP contribution in [0.1, 0.15) is 24.3 Å². The van der Waals surface area contributed by atoms with Crippen LogP contribution in [-0.4, -0.2) is 19.6 Å². The molecule has 4 heteroatoms. The summed E-state index contributed by atoms with van der Waals surface area (Å²) in [5, 5.41) is 2.93. The molecule has 0 fully saturated rings. The fraction of sp³-hybridized carbons (Fsp3) is 0.278. The maximum Gasteiger partial charge on any atom is 0.224 e. The van der Waals surface area contributed by atoms with Gasteiger partial charge in [-0.1, -0.05) is 24.3 Å². The second kappa shape index (κ2) is 6.52. The number of amides is 1. The molecule has 0 spiro atoms. The minimum Gasteiger partial charge on any atom is -0.497 e. The van der Waals surface area contributed by atoms with Gasteiger partial charge in [0.1, 0.15) is 11.5 Å². The predicted octanol–water partition coefficient (Wildman–Crippen LogP) is 3.59. The Morgan fingerprint density at radius 2 is 2.14 bits per heavy atom. The third-order valence-corrected chi connectivity index (χ3v) is 3.87. The maximum atomic E-state index is 12.3. The van der Waals surface area contributed by atoms with Gasteiger partial charge in [0.15, 0.2) is 0 Å². The molecule has 0 aromatic heterocycles. The van der Waals surface area contributed by atoms with E-state index in [0.717, 1.165) is 29.2 Å². The highest BCUT2D eigenvalue weighted by molar-refractivity contribution is 5.91. The van der Waals surface area contributed by atoms with E-state index in [2.05, 4.69) is 5.32 Å². The topological polar surface area (TPSA) is 47.6 Å². The Balaban J connectivity index is 1.67. The number of benzene rings is 2. The lowest BCUT2D eigenvalue weighted by molar-refractivity contribution is -0.116. The summed E-state index contributed by atoms with van der Waals surface area (Å²) in [7, 11) is 1.61.